The van der Waals surface area contributed by atoms with Crippen molar-refractivity contribution in [3.05, 3.63) is 89.7 Å². The molecule has 0 fully saturated rings. The molecule has 0 aliphatic carbocycles. The van der Waals surface area contributed by atoms with Gasteiger partial charge in [0.15, 0.2) is 5.82 Å². The molecule has 4 nitrogen and oxygen atoms in total. The van der Waals surface area contributed by atoms with Crippen LogP contribution >= 0.6 is 0 Å². The summed E-state index contributed by atoms with van der Waals surface area (Å²) in [5, 5.41) is 1.01. The van der Waals surface area contributed by atoms with Crippen LogP contribution in [0.25, 0.3) is 22.4 Å². The van der Waals surface area contributed by atoms with Crippen LogP contribution in [0.4, 0.5) is 0 Å². The first kappa shape index (κ1) is 17.8. The smallest absolute Gasteiger partial charge is 0.178 e. The number of ether oxygens (including phenoxy) is 1. The van der Waals surface area contributed by atoms with Gasteiger partial charge < -0.3 is 4.74 Å². The van der Waals surface area contributed by atoms with E-state index < -0.39 is 0 Å². The molecule has 0 amide bonds. The van der Waals surface area contributed by atoms with Gasteiger partial charge in [-0.05, 0) is 36.8 Å². The van der Waals surface area contributed by atoms with Crippen LogP contribution in [-0.4, -0.2) is 21.6 Å². The van der Waals surface area contributed by atoms with E-state index in [1.54, 1.807) is 0 Å². The Morgan fingerprint density at radius 1 is 0.893 bits per heavy atom. The zero-order chi connectivity index (χ0) is 19.2. The minimum Gasteiger partial charge on any atom is -0.362 e. The highest BCUT2D eigenvalue weighted by Crippen LogP contribution is 2.18. The SMILES string of the molecule is Cc1ccc(-c2ncc3ccccc3n2)nc1COCC#Cc1ccccc1. The maximum absolute atomic E-state index is 5.71. The van der Waals surface area contributed by atoms with E-state index in [0.29, 0.717) is 19.0 Å². The lowest BCUT2D eigenvalue weighted by Crippen LogP contribution is -2.02. The number of rotatable bonds is 4. The Bertz CT molecular complexity index is 1160. The molecule has 0 N–H and O–H groups in total. The van der Waals surface area contributed by atoms with Gasteiger partial charge in [0.25, 0.3) is 0 Å². The van der Waals surface area contributed by atoms with E-state index in [9.17, 15) is 0 Å². The van der Waals surface area contributed by atoms with Crippen LogP contribution in [0.3, 0.4) is 0 Å². The average molecular weight is 365 g/mol. The number of fused-ring (bicyclic) bond motifs is 1. The second kappa shape index (κ2) is 8.43. The van der Waals surface area contributed by atoms with Gasteiger partial charge in [-0.25, -0.2) is 15.0 Å². The quantitative estimate of drug-likeness (QED) is 0.393. The van der Waals surface area contributed by atoms with Crippen molar-refractivity contribution in [2.45, 2.75) is 13.5 Å². The molecule has 0 bridgehead atoms. The van der Waals surface area contributed by atoms with E-state index in [1.165, 1.54) is 0 Å². The van der Waals surface area contributed by atoms with Gasteiger partial charge in [0.05, 0.1) is 17.8 Å². The van der Waals surface area contributed by atoms with Crippen molar-refractivity contribution in [3.63, 3.8) is 0 Å². The summed E-state index contributed by atoms with van der Waals surface area (Å²) in [7, 11) is 0. The van der Waals surface area contributed by atoms with Crippen LogP contribution in [0.15, 0.2) is 72.9 Å². The Labute approximate surface area is 164 Å². The summed E-state index contributed by atoms with van der Waals surface area (Å²) in [5.41, 5.74) is 4.57. The molecule has 0 atom stereocenters. The van der Waals surface area contributed by atoms with Gasteiger partial charge in [-0.2, -0.15) is 0 Å². The van der Waals surface area contributed by atoms with E-state index in [0.717, 1.165) is 33.4 Å². The molecule has 4 heteroatoms. The fourth-order valence-corrected chi connectivity index (χ4v) is 2.80. The monoisotopic (exact) mass is 365 g/mol. The summed E-state index contributed by atoms with van der Waals surface area (Å²) in [6.45, 7) is 2.77. The lowest BCUT2D eigenvalue weighted by Gasteiger charge is -2.07. The molecule has 28 heavy (non-hydrogen) atoms. The van der Waals surface area contributed by atoms with Crippen molar-refractivity contribution in [2.75, 3.05) is 6.61 Å². The standard InChI is InChI=1S/C24H19N3O/c1-18-13-14-22(24-25-16-20-11-5-6-12-21(20)27-24)26-23(18)17-28-15-7-10-19-8-3-2-4-9-19/h2-6,8-9,11-14,16H,15,17H2,1H3. The zero-order valence-electron chi connectivity index (χ0n) is 15.6. The predicted octanol–water partition coefficient (Wildman–Crippen LogP) is 4.57. The number of pyridine rings is 1. The summed E-state index contributed by atoms with van der Waals surface area (Å²) in [4.78, 5) is 13.8. The molecule has 0 aliphatic rings. The normalized spacial score (nSPS) is 10.5. The van der Waals surface area contributed by atoms with Crippen LogP contribution in [0.1, 0.15) is 16.8 Å². The maximum atomic E-state index is 5.71. The van der Waals surface area contributed by atoms with E-state index in [4.69, 9.17) is 9.72 Å². The second-order valence-corrected chi connectivity index (χ2v) is 6.37. The predicted molar refractivity (Wildman–Crippen MR) is 110 cm³/mol. The van der Waals surface area contributed by atoms with Crippen LogP contribution < -0.4 is 0 Å². The first-order valence-electron chi connectivity index (χ1n) is 9.10. The number of aromatic nitrogens is 3. The number of benzene rings is 2. The Hall–Kier alpha value is -3.55. The van der Waals surface area contributed by atoms with Crippen LogP contribution in [0.5, 0.6) is 0 Å². The highest BCUT2D eigenvalue weighted by Gasteiger charge is 2.08. The summed E-state index contributed by atoms with van der Waals surface area (Å²) in [5.74, 6) is 6.73. The Morgan fingerprint density at radius 3 is 2.61 bits per heavy atom. The van der Waals surface area contributed by atoms with Crippen molar-refractivity contribution in [3.8, 4) is 23.4 Å². The number of aryl methyl sites for hydroxylation is 1. The molecule has 2 aromatic carbocycles. The molecule has 0 unspecified atom stereocenters. The molecule has 0 aliphatic heterocycles. The summed E-state index contributed by atoms with van der Waals surface area (Å²) >= 11 is 0. The lowest BCUT2D eigenvalue weighted by atomic mass is 10.2. The Balaban J connectivity index is 1.47. The van der Waals surface area contributed by atoms with Crippen LogP contribution in [0, 0.1) is 18.8 Å². The Morgan fingerprint density at radius 2 is 1.71 bits per heavy atom. The first-order chi connectivity index (χ1) is 13.8. The molecule has 4 rings (SSSR count). The van der Waals surface area contributed by atoms with Gasteiger partial charge in [0.2, 0.25) is 0 Å². The van der Waals surface area contributed by atoms with Gasteiger partial charge in [0, 0.05) is 17.1 Å². The summed E-state index contributed by atoms with van der Waals surface area (Å²) in [6.07, 6.45) is 1.83. The molecular weight excluding hydrogens is 346 g/mol. The molecule has 0 saturated heterocycles. The van der Waals surface area contributed by atoms with E-state index in [2.05, 4.69) is 21.8 Å². The summed E-state index contributed by atoms with van der Waals surface area (Å²) in [6, 6.07) is 21.8. The minimum absolute atomic E-state index is 0.354. The van der Waals surface area contributed by atoms with E-state index in [-0.39, 0.29) is 0 Å². The van der Waals surface area contributed by atoms with Crippen molar-refractivity contribution in [1.82, 2.24) is 15.0 Å². The number of nitrogens with zero attached hydrogens (tertiary/aromatic N) is 3. The number of hydrogen-bond donors (Lipinski definition) is 0. The molecule has 4 aromatic rings. The topological polar surface area (TPSA) is 47.9 Å². The van der Waals surface area contributed by atoms with Crippen molar-refractivity contribution in [1.29, 1.82) is 0 Å². The minimum atomic E-state index is 0.354. The molecule has 0 saturated carbocycles. The highest BCUT2D eigenvalue weighted by molar-refractivity contribution is 5.79. The first-order valence-corrected chi connectivity index (χ1v) is 9.10. The lowest BCUT2D eigenvalue weighted by molar-refractivity contribution is 0.150. The van der Waals surface area contributed by atoms with Gasteiger partial charge in [-0.15, -0.1) is 0 Å². The van der Waals surface area contributed by atoms with Crippen LogP contribution in [0.2, 0.25) is 0 Å². The third-order valence-corrected chi connectivity index (χ3v) is 4.34. The Kier molecular flexibility index (Phi) is 5.37. The van der Waals surface area contributed by atoms with E-state index >= 15 is 0 Å². The number of hydrogen-bond acceptors (Lipinski definition) is 4. The molecular formula is C24H19N3O. The van der Waals surface area contributed by atoms with E-state index in [1.807, 2.05) is 79.9 Å². The maximum Gasteiger partial charge on any atom is 0.178 e. The molecule has 0 spiro atoms. The number of para-hydroxylation sites is 1. The molecule has 0 radical (unpaired) electrons. The zero-order valence-corrected chi connectivity index (χ0v) is 15.6. The van der Waals surface area contributed by atoms with Gasteiger partial charge in [0.1, 0.15) is 12.3 Å². The fourth-order valence-electron chi connectivity index (χ4n) is 2.80. The highest BCUT2D eigenvalue weighted by atomic mass is 16.5. The fraction of sp³-hybridized carbons (Fsp3) is 0.125. The van der Waals surface area contributed by atoms with Gasteiger partial charge >= 0.3 is 0 Å². The molecule has 2 aromatic heterocycles. The van der Waals surface area contributed by atoms with Crippen molar-refractivity contribution < 1.29 is 4.74 Å². The summed E-state index contributed by atoms with van der Waals surface area (Å²) < 4.78 is 5.71. The largest absolute Gasteiger partial charge is 0.362 e. The third kappa shape index (κ3) is 4.22. The van der Waals surface area contributed by atoms with Gasteiger partial charge in [-0.1, -0.05) is 54.3 Å². The van der Waals surface area contributed by atoms with Gasteiger partial charge in [-0.3, -0.25) is 0 Å². The van der Waals surface area contributed by atoms with Crippen molar-refractivity contribution >= 4 is 10.9 Å². The average Bonchev–Trinajstić information content (AvgIpc) is 2.75. The van der Waals surface area contributed by atoms with Crippen LogP contribution in [-0.2, 0) is 11.3 Å². The third-order valence-electron chi connectivity index (χ3n) is 4.34. The molecule has 2 heterocycles. The van der Waals surface area contributed by atoms with Crippen molar-refractivity contribution in [2.24, 2.45) is 0 Å². The second-order valence-electron chi connectivity index (χ2n) is 6.37. The molecule has 136 valence electrons.